The number of piperidine rings is 1. The van der Waals surface area contributed by atoms with Gasteiger partial charge in [0.1, 0.15) is 0 Å². The van der Waals surface area contributed by atoms with Crippen molar-refractivity contribution in [1.82, 2.24) is 5.32 Å². The first-order valence-electron chi connectivity index (χ1n) is 5.22. The van der Waals surface area contributed by atoms with Gasteiger partial charge in [-0.3, -0.25) is 0 Å². The maximum Gasteiger partial charge on any atom is 0.00706 e. The molecule has 0 aromatic carbocycles. The van der Waals surface area contributed by atoms with Crippen molar-refractivity contribution < 1.29 is 0 Å². The molecule has 2 heteroatoms. The fourth-order valence-electron chi connectivity index (χ4n) is 2.79. The SMILES string of the molecule is CC(N)C1(C2CC2)CCNCC1. The zero-order chi connectivity index (χ0) is 8.60. The van der Waals surface area contributed by atoms with Crippen LogP contribution in [-0.2, 0) is 0 Å². The van der Waals surface area contributed by atoms with Crippen LogP contribution >= 0.6 is 0 Å². The van der Waals surface area contributed by atoms with Crippen LogP contribution in [0.15, 0.2) is 0 Å². The van der Waals surface area contributed by atoms with Crippen molar-refractivity contribution in [2.24, 2.45) is 17.1 Å². The molecule has 3 N–H and O–H groups in total. The second-order valence-electron chi connectivity index (χ2n) is 4.55. The van der Waals surface area contributed by atoms with E-state index < -0.39 is 0 Å². The molecule has 2 fully saturated rings. The largest absolute Gasteiger partial charge is 0.327 e. The quantitative estimate of drug-likeness (QED) is 0.648. The van der Waals surface area contributed by atoms with Crippen LogP contribution in [0.1, 0.15) is 32.6 Å². The van der Waals surface area contributed by atoms with E-state index in [9.17, 15) is 0 Å². The van der Waals surface area contributed by atoms with Crippen LogP contribution in [0.25, 0.3) is 0 Å². The summed E-state index contributed by atoms with van der Waals surface area (Å²) in [5, 5.41) is 3.42. The van der Waals surface area contributed by atoms with E-state index in [4.69, 9.17) is 5.73 Å². The fourth-order valence-corrected chi connectivity index (χ4v) is 2.79. The zero-order valence-electron chi connectivity index (χ0n) is 7.97. The molecule has 1 aliphatic heterocycles. The Kier molecular flexibility index (Phi) is 2.13. The Bertz CT molecular complexity index is 151. The third kappa shape index (κ3) is 1.27. The normalized spacial score (nSPS) is 31.5. The molecule has 1 heterocycles. The van der Waals surface area contributed by atoms with Gasteiger partial charge in [-0.05, 0) is 57.0 Å². The molecule has 12 heavy (non-hydrogen) atoms. The molecule has 0 aromatic heterocycles. The average Bonchev–Trinajstić information content (AvgIpc) is 2.88. The lowest BCUT2D eigenvalue weighted by atomic mass is 9.70. The van der Waals surface area contributed by atoms with Gasteiger partial charge in [0, 0.05) is 6.04 Å². The second-order valence-corrected chi connectivity index (χ2v) is 4.55. The molecule has 0 aromatic rings. The topological polar surface area (TPSA) is 38.0 Å². The first-order chi connectivity index (χ1) is 5.76. The van der Waals surface area contributed by atoms with Gasteiger partial charge in [-0.15, -0.1) is 0 Å². The van der Waals surface area contributed by atoms with Crippen molar-refractivity contribution in [2.75, 3.05) is 13.1 Å². The molecule has 0 spiro atoms. The molecular formula is C10H20N2. The minimum absolute atomic E-state index is 0.395. The van der Waals surface area contributed by atoms with E-state index in [0.29, 0.717) is 11.5 Å². The van der Waals surface area contributed by atoms with Crippen molar-refractivity contribution in [3.8, 4) is 0 Å². The first kappa shape index (κ1) is 8.52. The zero-order valence-corrected chi connectivity index (χ0v) is 7.97. The Labute approximate surface area is 74.9 Å². The van der Waals surface area contributed by atoms with Crippen molar-refractivity contribution in [3.05, 3.63) is 0 Å². The Morgan fingerprint density at radius 1 is 1.33 bits per heavy atom. The maximum absolute atomic E-state index is 6.12. The molecule has 1 atom stereocenters. The van der Waals surface area contributed by atoms with Crippen LogP contribution in [0.4, 0.5) is 0 Å². The lowest BCUT2D eigenvalue weighted by Crippen LogP contribution is -2.48. The number of nitrogens with one attached hydrogen (secondary N) is 1. The van der Waals surface area contributed by atoms with Gasteiger partial charge >= 0.3 is 0 Å². The molecule has 70 valence electrons. The van der Waals surface area contributed by atoms with E-state index in [1.807, 2.05) is 0 Å². The highest BCUT2D eigenvalue weighted by molar-refractivity contribution is 5.00. The lowest BCUT2D eigenvalue weighted by Gasteiger charge is -2.41. The molecule has 1 aliphatic carbocycles. The second kappa shape index (κ2) is 3.00. The van der Waals surface area contributed by atoms with Gasteiger partial charge in [-0.2, -0.15) is 0 Å². The molecule has 1 saturated heterocycles. The van der Waals surface area contributed by atoms with E-state index in [2.05, 4.69) is 12.2 Å². The van der Waals surface area contributed by atoms with Crippen LogP contribution in [0.2, 0.25) is 0 Å². The molecule has 2 nitrogen and oxygen atoms in total. The Morgan fingerprint density at radius 3 is 2.33 bits per heavy atom. The lowest BCUT2D eigenvalue weighted by molar-refractivity contribution is 0.131. The predicted molar refractivity (Wildman–Crippen MR) is 50.9 cm³/mol. The summed E-state index contributed by atoms with van der Waals surface area (Å²) in [6.45, 7) is 4.56. The highest BCUT2D eigenvalue weighted by Crippen LogP contribution is 2.52. The monoisotopic (exact) mass is 168 g/mol. The van der Waals surface area contributed by atoms with E-state index in [1.165, 1.54) is 38.8 Å². The van der Waals surface area contributed by atoms with Crippen LogP contribution in [-0.4, -0.2) is 19.1 Å². The summed E-state index contributed by atoms with van der Waals surface area (Å²) < 4.78 is 0. The van der Waals surface area contributed by atoms with Crippen molar-refractivity contribution in [3.63, 3.8) is 0 Å². The summed E-state index contributed by atoms with van der Waals surface area (Å²) in [5.74, 6) is 0.958. The molecular weight excluding hydrogens is 148 g/mol. The van der Waals surface area contributed by atoms with Gasteiger partial charge in [0.25, 0.3) is 0 Å². The summed E-state index contributed by atoms with van der Waals surface area (Å²) in [7, 11) is 0. The smallest absolute Gasteiger partial charge is 0.00706 e. The van der Waals surface area contributed by atoms with Gasteiger partial charge in [-0.25, -0.2) is 0 Å². The summed E-state index contributed by atoms with van der Waals surface area (Å²) in [4.78, 5) is 0. The van der Waals surface area contributed by atoms with Crippen LogP contribution < -0.4 is 11.1 Å². The minimum Gasteiger partial charge on any atom is -0.327 e. The Hall–Kier alpha value is -0.0800. The first-order valence-corrected chi connectivity index (χ1v) is 5.22. The van der Waals surface area contributed by atoms with Crippen LogP contribution in [0, 0.1) is 11.3 Å². The van der Waals surface area contributed by atoms with Crippen molar-refractivity contribution in [2.45, 2.75) is 38.6 Å². The maximum atomic E-state index is 6.12. The number of rotatable bonds is 2. The Morgan fingerprint density at radius 2 is 1.92 bits per heavy atom. The predicted octanol–water partition coefficient (Wildman–Crippen LogP) is 1.11. The molecule has 0 radical (unpaired) electrons. The average molecular weight is 168 g/mol. The van der Waals surface area contributed by atoms with E-state index in [-0.39, 0.29) is 0 Å². The molecule has 0 amide bonds. The number of hydrogen-bond acceptors (Lipinski definition) is 2. The highest BCUT2D eigenvalue weighted by atomic mass is 14.9. The van der Waals surface area contributed by atoms with Gasteiger partial charge in [-0.1, -0.05) is 0 Å². The van der Waals surface area contributed by atoms with Crippen LogP contribution in [0.5, 0.6) is 0 Å². The van der Waals surface area contributed by atoms with E-state index >= 15 is 0 Å². The van der Waals surface area contributed by atoms with Crippen LogP contribution in [0.3, 0.4) is 0 Å². The minimum atomic E-state index is 0.395. The van der Waals surface area contributed by atoms with Gasteiger partial charge in [0.05, 0.1) is 0 Å². The summed E-state index contributed by atoms with van der Waals surface area (Å²) in [5.41, 5.74) is 6.62. The van der Waals surface area contributed by atoms with Gasteiger partial charge in [0.15, 0.2) is 0 Å². The molecule has 2 aliphatic rings. The van der Waals surface area contributed by atoms with E-state index in [1.54, 1.807) is 0 Å². The number of hydrogen-bond donors (Lipinski definition) is 2. The van der Waals surface area contributed by atoms with Gasteiger partial charge in [0.2, 0.25) is 0 Å². The molecule has 0 bridgehead atoms. The standard InChI is InChI=1S/C10H20N2/c1-8(11)10(9-2-3-9)4-6-12-7-5-10/h8-9,12H,2-7,11H2,1H3. The Balaban J connectivity index is 2.08. The van der Waals surface area contributed by atoms with Crippen molar-refractivity contribution in [1.29, 1.82) is 0 Å². The van der Waals surface area contributed by atoms with E-state index in [0.717, 1.165) is 5.92 Å². The summed E-state index contributed by atoms with van der Waals surface area (Å²) in [6.07, 6.45) is 5.47. The third-order valence-corrected chi connectivity index (χ3v) is 3.83. The molecule has 2 rings (SSSR count). The van der Waals surface area contributed by atoms with Gasteiger partial charge < -0.3 is 11.1 Å². The molecule has 1 unspecified atom stereocenters. The summed E-state index contributed by atoms with van der Waals surface area (Å²) >= 11 is 0. The fraction of sp³-hybridized carbons (Fsp3) is 1.00. The van der Waals surface area contributed by atoms with Crippen molar-refractivity contribution >= 4 is 0 Å². The molecule has 1 saturated carbocycles. The highest BCUT2D eigenvalue weighted by Gasteiger charge is 2.47. The summed E-state index contributed by atoms with van der Waals surface area (Å²) in [6, 6.07) is 0.395. The number of nitrogens with two attached hydrogens (primary N) is 1. The third-order valence-electron chi connectivity index (χ3n) is 3.83.